The summed E-state index contributed by atoms with van der Waals surface area (Å²) in [7, 11) is 3.76. The van der Waals surface area contributed by atoms with Gasteiger partial charge in [-0.05, 0) is 25.8 Å². The smallest absolute Gasteiger partial charge is 0.303 e. The number of carboxylic acids is 1. The Morgan fingerprint density at radius 1 is 1.33 bits per heavy atom. The monoisotopic (exact) mass is 380 g/mol. The van der Waals surface area contributed by atoms with E-state index in [-0.39, 0.29) is 18.2 Å². The van der Waals surface area contributed by atoms with Crippen LogP contribution in [-0.2, 0) is 4.79 Å². The van der Waals surface area contributed by atoms with Gasteiger partial charge in [0, 0.05) is 58.8 Å². The van der Waals surface area contributed by atoms with Crippen LogP contribution in [0.25, 0.3) is 0 Å². The molecule has 0 amide bonds. The summed E-state index contributed by atoms with van der Waals surface area (Å²) in [5.74, 6) is -0.332. The van der Waals surface area contributed by atoms with Crippen LogP contribution in [0.2, 0.25) is 0 Å². The van der Waals surface area contributed by atoms with Gasteiger partial charge in [0.05, 0.1) is 6.20 Å². The average Bonchev–Trinajstić information content (AvgIpc) is 2.67. The zero-order valence-electron chi connectivity index (χ0n) is 16.1. The highest BCUT2D eigenvalue weighted by Crippen LogP contribution is 2.29. The lowest BCUT2D eigenvalue weighted by molar-refractivity contribution is -0.137. The lowest BCUT2D eigenvalue weighted by atomic mass is 9.86. The van der Waals surface area contributed by atoms with Crippen LogP contribution in [0.3, 0.4) is 0 Å². The van der Waals surface area contributed by atoms with Gasteiger partial charge in [-0.1, -0.05) is 0 Å². The van der Waals surface area contributed by atoms with E-state index in [4.69, 9.17) is 5.11 Å². The molecule has 2 aliphatic rings. The Balaban J connectivity index is 1.73. The van der Waals surface area contributed by atoms with Crippen molar-refractivity contribution in [3.05, 3.63) is 12.0 Å². The number of nitrogens with zero attached hydrogens (tertiary/aromatic N) is 5. The van der Waals surface area contributed by atoms with Crippen LogP contribution in [0.5, 0.6) is 0 Å². The van der Waals surface area contributed by atoms with Crippen LogP contribution in [0, 0.1) is 11.7 Å². The van der Waals surface area contributed by atoms with Crippen molar-refractivity contribution in [2.24, 2.45) is 5.92 Å². The molecule has 1 aromatic heterocycles. The molecule has 0 saturated carbocycles. The third-order valence-electron chi connectivity index (χ3n) is 5.68. The first-order chi connectivity index (χ1) is 13.0. The van der Waals surface area contributed by atoms with E-state index in [1.165, 1.54) is 6.20 Å². The van der Waals surface area contributed by atoms with E-state index in [1.54, 1.807) is 7.05 Å². The molecule has 0 bridgehead atoms. The Hall–Kier alpha value is -2.00. The fraction of sp³-hybridized carbons (Fsp3) is 0.722. The molecular formula is C18H29FN6O2. The van der Waals surface area contributed by atoms with Crippen molar-refractivity contribution in [1.29, 1.82) is 0 Å². The highest BCUT2D eigenvalue weighted by molar-refractivity contribution is 5.66. The van der Waals surface area contributed by atoms with Gasteiger partial charge < -0.3 is 20.2 Å². The van der Waals surface area contributed by atoms with Gasteiger partial charge in [-0.15, -0.1) is 0 Å². The molecule has 0 spiro atoms. The van der Waals surface area contributed by atoms with Crippen LogP contribution in [0.1, 0.15) is 19.3 Å². The summed E-state index contributed by atoms with van der Waals surface area (Å²) in [4.78, 5) is 26.5. The number of nitrogens with one attached hydrogen (secondary N) is 1. The molecule has 2 N–H and O–H groups in total. The molecule has 150 valence electrons. The molecule has 9 heteroatoms. The minimum Gasteiger partial charge on any atom is -0.481 e. The molecule has 27 heavy (non-hydrogen) atoms. The second-order valence-corrected chi connectivity index (χ2v) is 7.45. The number of rotatable bonds is 6. The van der Waals surface area contributed by atoms with Crippen molar-refractivity contribution < 1.29 is 14.3 Å². The number of aromatic nitrogens is 2. The van der Waals surface area contributed by atoms with E-state index in [1.807, 2.05) is 0 Å². The Morgan fingerprint density at radius 2 is 2.07 bits per heavy atom. The Labute approximate surface area is 159 Å². The van der Waals surface area contributed by atoms with Gasteiger partial charge in [0.1, 0.15) is 0 Å². The number of piperazine rings is 1. The first-order valence-corrected chi connectivity index (χ1v) is 9.57. The van der Waals surface area contributed by atoms with Crippen LogP contribution < -0.4 is 10.2 Å². The quantitative estimate of drug-likeness (QED) is 0.755. The van der Waals surface area contributed by atoms with Gasteiger partial charge in [0.15, 0.2) is 11.6 Å². The van der Waals surface area contributed by atoms with Crippen LogP contribution in [0.4, 0.5) is 16.2 Å². The zero-order valence-corrected chi connectivity index (χ0v) is 16.1. The molecule has 1 aromatic rings. The van der Waals surface area contributed by atoms with Gasteiger partial charge in [-0.2, -0.15) is 4.98 Å². The molecule has 0 unspecified atom stereocenters. The molecule has 2 saturated heterocycles. The van der Waals surface area contributed by atoms with Crippen molar-refractivity contribution in [3.63, 3.8) is 0 Å². The number of carboxylic acid groups (broad SMARTS) is 1. The van der Waals surface area contributed by atoms with Gasteiger partial charge in [0.25, 0.3) is 0 Å². The van der Waals surface area contributed by atoms with Gasteiger partial charge >= 0.3 is 5.97 Å². The lowest BCUT2D eigenvalue weighted by Gasteiger charge is -2.46. The van der Waals surface area contributed by atoms with E-state index in [0.29, 0.717) is 25.0 Å². The summed E-state index contributed by atoms with van der Waals surface area (Å²) in [6.45, 7) is 5.59. The Kier molecular flexibility index (Phi) is 6.43. The van der Waals surface area contributed by atoms with E-state index in [0.717, 1.165) is 39.1 Å². The van der Waals surface area contributed by atoms with E-state index < -0.39 is 11.8 Å². The number of hydrogen-bond donors (Lipinski definition) is 2. The standard InChI is InChI=1S/C18H29FN6O2/c1-20-17-14(19)11-21-18(22-17)25-6-5-15(13(12-25)3-4-16(26)27)24-9-7-23(2)8-10-24/h11,13,15H,3-10,12H2,1-2H3,(H,26,27)(H,20,21,22)/t13-,15+/m1/s1. The predicted octanol–water partition coefficient (Wildman–Crippen LogP) is 0.965. The maximum Gasteiger partial charge on any atom is 0.303 e. The summed E-state index contributed by atoms with van der Waals surface area (Å²) < 4.78 is 13.7. The van der Waals surface area contributed by atoms with Crippen LogP contribution >= 0.6 is 0 Å². The van der Waals surface area contributed by atoms with Crippen molar-refractivity contribution >= 4 is 17.7 Å². The van der Waals surface area contributed by atoms with Crippen molar-refractivity contribution in [2.45, 2.75) is 25.3 Å². The zero-order chi connectivity index (χ0) is 19.4. The fourth-order valence-electron chi connectivity index (χ4n) is 4.11. The molecule has 3 heterocycles. The normalized spacial score (nSPS) is 24.8. The van der Waals surface area contributed by atoms with Gasteiger partial charge in [-0.25, -0.2) is 9.37 Å². The molecule has 2 aliphatic heterocycles. The first kappa shape index (κ1) is 19.8. The maximum atomic E-state index is 13.7. The third kappa shape index (κ3) is 4.84. The highest BCUT2D eigenvalue weighted by atomic mass is 19.1. The Morgan fingerprint density at radius 3 is 2.74 bits per heavy atom. The van der Waals surface area contributed by atoms with E-state index in [2.05, 4.69) is 37.0 Å². The molecule has 8 nitrogen and oxygen atoms in total. The first-order valence-electron chi connectivity index (χ1n) is 9.57. The van der Waals surface area contributed by atoms with Crippen molar-refractivity contribution in [3.8, 4) is 0 Å². The summed E-state index contributed by atoms with van der Waals surface area (Å²) in [5, 5.41) is 11.9. The second-order valence-electron chi connectivity index (χ2n) is 7.45. The summed E-state index contributed by atoms with van der Waals surface area (Å²) in [6, 6.07) is 0.374. The summed E-state index contributed by atoms with van der Waals surface area (Å²) in [6.07, 6.45) is 2.91. The number of hydrogen-bond acceptors (Lipinski definition) is 7. The van der Waals surface area contributed by atoms with Crippen molar-refractivity contribution in [1.82, 2.24) is 19.8 Å². The second kappa shape index (κ2) is 8.79. The number of aliphatic carboxylic acids is 1. The SMILES string of the molecule is CNc1nc(N2CC[C@H](N3CCN(C)CC3)[C@H](CCC(=O)O)C2)ncc1F. The average molecular weight is 380 g/mol. The van der Waals surface area contributed by atoms with E-state index in [9.17, 15) is 9.18 Å². The Bertz CT molecular complexity index is 653. The molecule has 0 radical (unpaired) electrons. The van der Waals surface area contributed by atoms with Crippen LogP contribution in [0.15, 0.2) is 6.20 Å². The van der Waals surface area contributed by atoms with Gasteiger partial charge in [-0.3, -0.25) is 9.69 Å². The minimum absolute atomic E-state index is 0.161. The number of likely N-dealkylation sites (N-methyl/N-ethyl adjacent to an activating group) is 1. The van der Waals surface area contributed by atoms with Gasteiger partial charge in [0.2, 0.25) is 5.95 Å². The van der Waals surface area contributed by atoms with Crippen LogP contribution in [-0.4, -0.2) is 90.2 Å². The molecular weight excluding hydrogens is 351 g/mol. The number of piperidine rings is 1. The number of halogens is 1. The molecule has 0 aromatic carbocycles. The van der Waals surface area contributed by atoms with E-state index >= 15 is 0 Å². The fourth-order valence-corrected chi connectivity index (χ4v) is 4.11. The maximum absolute atomic E-state index is 13.7. The predicted molar refractivity (Wildman–Crippen MR) is 102 cm³/mol. The number of carbonyl (C=O) groups is 1. The topological polar surface area (TPSA) is 84.8 Å². The number of anilines is 2. The minimum atomic E-state index is -0.764. The summed E-state index contributed by atoms with van der Waals surface area (Å²) in [5.41, 5.74) is 0. The summed E-state index contributed by atoms with van der Waals surface area (Å²) >= 11 is 0. The third-order valence-corrected chi connectivity index (χ3v) is 5.68. The molecule has 2 fully saturated rings. The van der Waals surface area contributed by atoms with Crippen molar-refractivity contribution in [2.75, 3.05) is 63.6 Å². The largest absolute Gasteiger partial charge is 0.481 e. The highest BCUT2D eigenvalue weighted by Gasteiger charge is 2.35. The lowest BCUT2D eigenvalue weighted by Crippen LogP contribution is -2.56. The molecule has 3 rings (SSSR count). The molecule has 2 atom stereocenters. The molecule has 0 aliphatic carbocycles.